The first-order valence-corrected chi connectivity index (χ1v) is 8.94. The third-order valence-corrected chi connectivity index (χ3v) is 6.20. The number of rotatable bonds is 2. The van der Waals surface area contributed by atoms with Gasteiger partial charge in [-0.15, -0.1) is 0 Å². The van der Waals surface area contributed by atoms with E-state index in [9.17, 15) is 13.2 Å². The molecule has 2 heterocycles. The van der Waals surface area contributed by atoms with Crippen LogP contribution in [0.2, 0.25) is 0 Å². The molecule has 0 aromatic carbocycles. The number of hydrogen-bond acceptors (Lipinski definition) is 4. The van der Waals surface area contributed by atoms with Gasteiger partial charge in [-0.2, -0.15) is 0 Å². The molecule has 6 heteroatoms. The third kappa shape index (κ3) is 3.61. The molecule has 1 saturated heterocycles. The predicted octanol–water partition coefficient (Wildman–Crippen LogP) is 0.674. The molecular weight excluding hydrogens is 276 g/mol. The second-order valence-electron chi connectivity index (χ2n) is 6.08. The Bertz CT molecular complexity index is 525. The number of carbonyl (C=O) groups excluding carboxylic acids is 1. The summed E-state index contributed by atoms with van der Waals surface area (Å²) in [5.41, 5.74) is 2.63. The van der Waals surface area contributed by atoms with Crippen molar-refractivity contribution in [3.8, 4) is 0 Å². The monoisotopic (exact) mass is 300 g/mol. The van der Waals surface area contributed by atoms with Crippen LogP contribution in [-0.4, -0.2) is 68.4 Å². The van der Waals surface area contributed by atoms with Gasteiger partial charge in [0.15, 0.2) is 9.84 Å². The standard InChI is InChI=1S/C14H24N2O3S/c1-11-4-5-16(9-12(11)2)14(17)8-13-10-20(18,19)7-6-15(13)3/h13H,4-10H2,1-3H3. The van der Waals surface area contributed by atoms with Gasteiger partial charge in [0, 0.05) is 32.1 Å². The average Bonchev–Trinajstić information content (AvgIpc) is 2.37. The molecule has 0 aromatic rings. The van der Waals surface area contributed by atoms with E-state index in [4.69, 9.17) is 0 Å². The normalized spacial score (nSPS) is 27.8. The Labute approximate surface area is 121 Å². The van der Waals surface area contributed by atoms with Crippen LogP contribution in [0.5, 0.6) is 0 Å². The van der Waals surface area contributed by atoms with E-state index in [2.05, 4.69) is 13.8 Å². The van der Waals surface area contributed by atoms with Crippen molar-refractivity contribution in [3.05, 3.63) is 11.1 Å². The molecular formula is C14H24N2O3S. The van der Waals surface area contributed by atoms with Crippen LogP contribution in [0.15, 0.2) is 11.1 Å². The zero-order chi connectivity index (χ0) is 14.9. The van der Waals surface area contributed by atoms with Gasteiger partial charge in [-0.05, 0) is 27.3 Å². The van der Waals surface area contributed by atoms with Crippen molar-refractivity contribution in [1.29, 1.82) is 0 Å². The largest absolute Gasteiger partial charge is 0.338 e. The lowest BCUT2D eigenvalue weighted by molar-refractivity contribution is -0.132. The number of sulfone groups is 1. The predicted molar refractivity (Wildman–Crippen MR) is 79.3 cm³/mol. The van der Waals surface area contributed by atoms with Crippen molar-refractivity contribution in [2.45, 2.75) is 32.7 Å². The second-order valence-corrected chi connectivity index (χ2v) is 8.31. The minimum Gasteiger partial charge on any atom is -0.338 e. The first-order chi connectivity index (χ1) is 9.28. The van der Waals surface area contributed by atoms with Crippen molar-refractivity contribution in [3.63, 3.8) is 0 Å². The van der Waals surface area contributed by atoms with E-state index in [0.717, 1.165) is 13.0 Å². The highest BCUT2D eigenvalue weighted by Gasteiger charge is 2.32. The molecule has 0 radical (unpaired) electrons. The van der Waals surface area contributed by atoms with Gasteiger partial charge >= 0.3 is 0 Å². The molecule has 1 fully saturated rings. The summed E-state index contributed by atoms with van der Waals surface area (Å²) in [5.74, 6) is 0.390. The minimum atomic E-state index is -2.98. The lowest BCUT2D eigenvalue weighted by Gasteiger charge is -2.34. The lowest BCUT2D eigenvalue weighted by atomic mass is 10.0. The minimum absolute atomic E-state index is 0.0748. The molecule has 0 bridgehead atoms. The molecule has 2 rings (SSSR count). The fraction of sp³-hybridized carbons (Fsp3) is 0.786. The van der Waals surface area contributed by atoms with Crippen molar-refractivity contribution in [1.82, 2.24) is 9.80 Å². The van der Waals surface area contributed by atoms with Crippen molar-refractivity contribution >= 4 is 15.7 Å². The highest BCUT2D eigenvalue weighted by atomic mass is 32.2. The molecule has 114 valence electrons. The van der Waals surface area contributed by atoms with Crippen LogP contribution in [0.4, 0.5) is 0 Å². The topological polar surface area (TPSA) is 57.7 Å². The Morgan fingerprint density at radius 2 is 1.95 bits per heavy atom. The average molecular weight is 300 g/mol. The summed E-state index contributed by atoms with van der Waals surface area (Å²) in [6, 6.07) is -0.173. The summed E-state index contributed by atoms with van der Waals surface area (Å²) in [4.78, 5) is 16.2. The summed E-state index contributed by atoms with van der Waals surface area (Å²) >= 11 is 0. The van der Waals surface area contributed by atoms with Gasteiger partial charge in [0.1, 0.15) is 0 Å². The molecule has 0 aliphatic carbocycles. The van der Waals surface area contributed by atoms with E-state index >= 15 is 0 Å². The van der Waals surface area contributed by atoms with E-state index in [0.29, 0.717) is 19.5 Å². The highest BCUT2D eigenvalue weighted by Crippen LogP contribution is 2.19. The first kappa shape index (κ1) is 15.5. The fourth-order valence-corrected chi connectivity index (χ4v) is 4.44. The SMILES string of the molecule is CC1=C(C)CN(C(=O)CC2CS(=O)(=O)CCN2C)CC1. The maximum absolute atomic E-state index is 12.4. The Morgan fingerprint density at radius 1 is 1.25 bits per heavy atom. The maximum Gasteiger partial charge on any atom is 0.224 e. The maximum atomic E-state index is 12.4. The van der Waals surface area contributed by atoms with E-state index in [1.54, 1.807) is 0 Å². The van der Waals surface area contributed by atoms with E-state index < -0.39 is 9.84 Å². The van der Waals surface area contributed by atoms with E-state index in [-0.39, 0.29) is 23.5 Å². The van der Waals surface area contributed by atoms with Crippen molar-refractivity contribution in [2.75, 3.05) is 38.2 Å². The van der Waals surface area contributed by atoms with Crippen LogP contribution < -0.4 is 0 Å². The molecule has 0 saturated carbocycles. The second kappa shape index (κ2) is 5.85. The molecule has 1 unspecified atom stereocenters. The first-order valence-electron chi connectivity index (χ1n) is 7.12. The molecule has 2 aliphatic rings. The number of nitrogens with zero attached hydrogens (tertiary/aromatic N) is 2. The van der Waals surface area contributed by atoms with Gasteiger partial charge in [0.2, 0.25) is 5.91 Å². The Kier molecular flexibility index (Phi) is 4.54. The van der Waals surface area contributed by atoms with Crippen LogP contribution in [0.3, 0.4) is 0 Å². The summed E-state index contributed by atoms with van der Waals surface area (Å²) in [6.45, 7) is 6.14. The molecule has 0 aromatic heterocycles. The van der Waals surface area contributed by atoms with E-state index in [1.165, 1.54) is 11.1 Å². The summed E-state index contributed by atoms with van der Waals surface area (Å²) in [7, 11) is -1.08. The van der Waals surface area contributed by atoms with Gasteiger partial charge in [0.25, 0.3) is 0 Å². The van der Waals surface area contributed by atoms with Crippen molar-refractivity contribution in [2.24, 2.45) is 0 Å². The Morgan fingerprint density at radius 3 is 2.60 bits per heavy atom. The van der Waals surface area contributed by atoms with Gasteiger partial charge in [0.05, 0.1) is 11.5 Å². The molecule has 1 amide bonds. The number of amides is 1. The molecule has 1 atom stereocenters. The fourth-order valence-electron chi connectivity index (χ4n) is 2.74. The number of hydrogen-bond donors (Lipinski definition) is 0. The summed E-state index contributed by atoms with van der Waals surface area (Å²) in [6.07, 6.45) is 1.23. The third-order valence-electron chi connectivity index (χ3n) is 4.50. The zero-order valence-corrected chi connectivity index (χ0v) is 13.4. The molecule has 2 aliphatic heterocycles. The Balaban J connectivity index is 1.98. The molecule has 5 nitrogen and oxygen atoms in total. The summed E-state index contributed by atoms with van der Waals surface area (Å²) in [5, 5.41) is 0. The molecule has 0 spiro atoms. The van der Waals surface area contributed by atoms with Crippen LogP contribution in [0.25, 0.3) is 0 Å². The smallest absolute Gasteiger partial charge is 0.224 e. The lowest BCUT2D eigenvalue weighted by Crippen LogP contribution is -2.49. The van der Waals surface area contributed by atoms with E-state index in [1.807, 2.05) is 16.8 Å². The van der Waals surface area contributed by atoms with Crippen LogP contribution in [-0.2, 0) is 14.6 Å². The van der Waals surface area contributed by atoms with Crippen molar-refractivity contribution < 1.29 is 13.2 Å². The molecule has 0 N–H and O–H groups in total. The van der Waals surface area contributed by atoms with Gasteiger partial charge in [-0.1, -0.05) is 11.1 Å². The van der Waals surface area contributed by atoms with Gasteiger partial charge in [-0.25, -0.2) is 8.42 Å². The van der Waals surface area contributed by atoms with Gasteiger partial charge in [-0.3, -0.25) is 4.79 Å². The molecule has 20 heavy (non-hydrogen) atoms. The number of carbonyl (C=O) groups is 1. The quantitative estimate of drug-likeness (QED) is 0.704. The highest BCUT2D eigenvalue weighted by molar-refractivity contribution is 7.91. The van der Waals surface area contributed by atoms with Gasteiger partial charge < -0.3 is 9.80 Å². The van der Waals surface area contributed by atoms with Crippen LogP contribution in [0, 0.1) is 0 Å². The zero-order valence-electron chi connectivity index (χ0n) is 12.6. The van der Waals surface area contributed by atoms with Crippen LogP contribution in [0.1, 0.15) is 26.7 Å². The van der Waals surface area contributed by atoms with Crippen LogP contribution >= 0.6 is 0 Å². The summed E-state index contributed by atoms with van der Waals surface area (Å²) < 4.78 is 23.4. The Hall–Kier alpha value is -0.880.